The van der Waals surface area contributed by atoms with Crippen LogP contribution in [0.25, 0.3) is 82.2 Å². The summed E-state index contributed by atoms with van der Waals surface area (Å²) in [5, 5.41) is 5.02. The number of para-hydroxylation sites is 1. The molecule has 0 amide bonds. The summed E-state index contributed by atoms with van der Waals surface area (Å²) in [6.45, 7) is 0. The van der Waals surface area contributed by atoms with Crippen LogP contribution in [0.15, 0.2) is 170 Å². The lowest BCUT2D eigenvalue weighted by Crippen LogP contribution is -2.30. The summed E-state index contributed by atoms with van der Waals surface area (Å²) in [6.07, 6.45) is 6.54. The van der Waals surface area contributed by atoms with E-state index in [2.05, 4.69) is 174 Å². The third kappa shape index (κ3) is 3.84. The van der Waals surface area contributed by atoms with Crippen LogP contribution < -0.4 is 0 Å². The Morgan fingerprint density at radius 1 is 0.491 bits per heavy atom. The highest BCUT2D eigenvalue weighted by Crippen LogP contribution is 2.61. The Labute approximate surface area is 310 Å². The quantitative estimate of drug-likeness (QED) is 0.177. The molecule has 0 saturated carbocycles. The minimum Gasteiger partial charge on any atom is -0.294 e. The minimum absolute atomic E-state index is 0.501. The molecule has 246 valence electrons. The van der Waals surface area contributed by atoms with Crippen LogP contribution in [-0.2, 0) is 5.41 Å². The van der Waals surface area contributed by atoms with Gasteiger partial charge in [0.2, 0.25) is 0 Å². The van der Waals surface area contributed by atoms with Gasteiger partial charge in [-0.2, -0.15) is 0 Å². The molecule has 53 heavy (non-hydrogen) atoms. The van der Waals surface area contributed by atoms with Crippen molar-refractivity contribution in [2.75, 3.05) is 0 Å². The minimum atomic E-state index is -0.501. The summed E-state index contributed by atoms with van der Waals surface area (Å²) in [6, 6.07) is 60.7. The molecule has 3 heterocycles. The van der Waals surface area contributed by atoms with Crippen LogP contribution in [0.3, 0.4) is 0 Å². The van der Waals surface area contributed by atoms with Gasteiger partial charge in [-0.05, 0) is 98.6 Å². The van der Waals surface area contributed by atoms with E-state index in [1.165, 1.54) is 81.2 Å². The molecule has 0 aliphatic heterocycles. The molecule has 3 heteroatoms. The van der Waals surface area contributed by atoms with Crippen molar-refractivity contribution in [1.29, 1.82) is 0 Å². The van der Waals surface area contributed by atoms with Crippen molar-refractivity contribution < 1.29 is 0 Å². The second kappa shape index (κ2) is 10.7. The fourth-order valence-electron chi connectivity index (χ4n) is 9.50. The molecule has 2 nitrogen and oxygen atoms in total. The molecule has 2 aliphatic carbocycles. The Hall–Kier alpha value is -6.55. The highest BCUT2D eigenvalue weighted by atomic mass is 32.1. The van der Waals surface area contributed by atoms with E-state index in [1.807, 2.05) is 23.6 Å². The van der Waals surface area contributed by atoms with Crippen molar-refractivity contribution in [1.82, 2.24) is 9.55 Å². The SMILES string of the molecule is C1=Cc2ccc(-c3ccc4c(c3)c3cccnc3n4-c3ccccc3)cc2C2(c3ccccc31)c1ccccc1-c1c2ccc2c1sc1ccccc12. The normalized spacial score (nSPS) is 15.5. The van der Waals surface area contributed by atoms with E-state index in [1.54, 1.807) is 0 Å². The molecule has 1 spiro atoms. The molecule has 1 unspecified atom stereocenters. The highest BCUT2D eigenvalue weighted by Gasteiger charge is 2.49. The number of pyridine rings is 1. The Balaban J connectivity index is 1.15. The lowest BCUT2D eigenvalue weighted by Gasteiger charge is -2.35. The number of thiophene rings is 1. The maximum Gasteiger partial charge on any atom is 0.145 e. The van der Waals surface area contributed by atoms with Crippen LogP contribution in [0.2, 0.25) is 0 Å². The van der Waals surface area contributed by atoms with E-state index >= 15 is 0 Å². The molecule has 12 rings (SSSR count). The summed E-state index contributed by atoms with van der Waals surface area (Å²) >= 11 is 1.93. The van der Waals surface area contributed by atoms with Gasteiger partial charge in [-0.1, -0.05) is 127 Å². The van der Waals surface area contributed by atoms with Crippen LogP contribution in [0.1, 0.15) is 33.4 Å². The van der Waals surface area contributed by atoms with E-state index in [0.717, 1.165) is 22.2 Å². The topological polar surface area (TPSA) is 17.8 Å². The fourth-order valence-corrected chi connectivity index (χ4v) is 10.8. The molecular weight excluding hydrogens is 661 g/mol. The van der Waals surface area contributed by atoms with Gasteiger partial charge in [-0.15, -0.1) is 11.3 Å². The van der Waals surface area contributed by atoms with Crippen molar-refractivity contribution in [2.24, 2.45) is 0 Å². The third-order valence-electron chi connectivity index (χ3n) is 11.7. The maximum atomic E-state index is 4.87. The maximum absolute atomic E-state index is 4.87. The van der Waals surface area contributed by atoms with E-state index in [-0.39, 0.29) is 0 Å². The lowest BCUT2D eigenvalue weighted by molar-refractivity contribution is 0.767. The average Bonchev–Trinajstić information content (AvgIpc) is 3.83. The molecule has 7 aromatic carbocycles. The standard InChI is InChI=1S/C50H30N2S/c1-2-12-35(13-3-1)52-45-27-24-33(29-40(45)38-16-10-28-51-49(38)52)34-23-22-32-21-20-31-11-4-7-17-41(31)50(44(32)30-34)42-18-8-5-15-39(42)47-43(50)26-25-37-36-14-6-9-19-46(36)53-48(37)47/h1-30H. The number of hydrogen-bond donors (Lipinski definition) is 0. The van der Waals surface area contributed by atoms with Crippen LogP contribution >= 0.6 is 11.3 Å². The molecule has 0 bridgehead atoms. The molecule has 0 saturated heterocycles. The Bertz CT molecular complexity index is 3180. The van der Waals surface area contributed by atoms with Crippen molar-refractivity contribution in [3.05, 3.63) is 203 Å². The van der Waals surface area contributed by atoms with Gasteiger partial charge in [-0.25, -0.2) is 4.98 Å². The average molecular weight is 691 g/mol. The molecular formula is C50H30N2S. The monoisotopic (exact) mass is 690 g/mol. The van der Waals surface area contributed by atoms with Gasteiger partial charge in [0.1, 0.15) is 5.65 Å². The van der Waals surface area contributed by atoms with Crippen molar-refractivity contribution in [3.8, 4) is 27.9 Å². The summed E-state index contributed by atoms with van der Waals surface area (Å²) in [5.74, 6) is 0. The highest BCUT2D eigenvalue weighted by molar-refractivity contribution is 7.26. The van der Waals surface area contributed by atoms with Crippen molar-refractivity contribution in [3.63, 3.8) is 0 Å². The molecule has 10 aromatic rings. The Morgan fingerprint density at radius 2 is 1.23 bits per heavy atom. The van der Waals surface area contributed by atoms with Gasteiger partial charge in [0, 0.05) is 48.4 Å². The number of benzene rings is 7. The largest absolute Gasteiger partial charge is 0.294 e. The third-order valence-corrected chi connectivity index (χ3v) is 12.9. The summed E-state index contributed by atoms with van der Waals surface area (Å²) in [7, 11) is 0. The number of fused-ring (bicyclic) bond motifs is 16. The smallest absolute Gasteiger partial charge is 0.145 e. The fraction of sp³-hybridized carbons (Fsp3) is 0.0200. The zero-order chi connectivity index (χ0) is 34.7. The van der Waals surface area contributed by atoms with E-state index < -0.39 is 5.41 Å². The van der Waals surface area contributed by atoms with E-state index in [0.29, 0.717) is 0 Å². The molecule has 0 radical (unpaired) electrons. The lowest BCUT2D eigenvalue weighted by atomic mass is 9.65. The molecule has 3 aromatic heterocycles. The van der Waals surface area contributed by atoms with Crippen molar-refractivity contribution >= 4 is 65.6 Å². The number of rotatable bonds is 2. The molecule has 0 N–H and O–H groups in total. The zero-order valence-electron chi connectivity index (χ0n) is 28.6. The summed E-state index contributed by atoms with van der Waals surface area (Å²) in [4.78, 5) is 4.87. The van der Waals surface area contributed by atoms with Gasteiger partial charge in [0.15, 0.2) is 0 Å². The van der Waals surface area contributed by atoms with Crippen molar-refractivity contribution in [2.45, 2.75) is 5.41 Å². The first-order chi connectivity index (χ1) is 26.3. The second-order valence-corrected chi connectivity index (χ2v) is 15.3. The zero-order valence-corrected chi connectivity index (χ0v) is 29.4. The first-order valence-corrected chi connectivity index (χ1v) is 19.0. The van der Waals surface area contributed by atoms with Crippen LogP contribution in [0.5, 0.6) is 0 Å². The summed E-state index contributed by atoms with van der Waals surface area (Å²) in [5.41, 5.74) is 15.7. The van der Waals surface area contributed by atoms with Gasteiger partial charge >= 0.3 is 0 Å². The Morgan fingerprint density at radius 3 is 2.15 bits per heavy atom. The van der Waals surface area contributed by atoms with Crippen LogP contribution in [0.4, 0.5) is 0 Å². The molecule has 1 atom stereocenters. The first kappa shape index (κ1) is 29.1. The Kier molecular flexibility index (Phi) is 5.89. The van der Waals surface area contributed by atoms with E-state index in [9.17, 15) is 0 Å². The molecule has 0 fully saturated rings. The predicted molar refractivity (Wildman–Crippen MR) is 223 cm³/mol. The molecule has 2 aliphatic rings. The van der Waals surface area contributed by atoms with Crippen LogP contribution in [-0.4, -0.2) is 9.55 Å². The van der Waals surface area contributed by atoms with Gasteiger partial charge in [0.05, 0.1) is 10.9 Å². The van der Waals surface area contributed by atoms with Gasteiger partial charge in [-0.3, -0.25) is 4.57 Å². The van der Waals surface area contributed by atoms with Gasteiger partial charge in [0.25, 0.3) is 0 Å². The number of hydrogen-bond acceptors (Lipinski definition) is 2. The predicted octanol–water partition coefficient (Wildman–Crippen LogP) is 13.1. The first-order valence-electron chi connectivity index (χ1n) is 18.2. The van der Waals surface area contributed by atoms with Crippen LogP contribution in [0, 0.1) is 0 Å². The number of aromatic nitrogens is 2. The van der Waals surface area contributed by atoms with E-state index in [4.69, 9.17) is 4.98 Å². The van der Waals surface area contributed by atoms with Gasteiger partial charge < -0.3 is 0 Å². The number of nitrogens with zero attached hydrogens (tertiary/aromatic N) is 2. The summed E-state index contributed by atoms with van der Waals surface area (Å²) < 4.78 is 4.98. The second-order valence-electron chi connectivity index (χ2n) is 14.3.